The van der Waals surface area contributed by atoms with Crippen molar-refractivity contribution in [2.24, 2.45) is 0 Å². The minimum absolute atomic E-state index is 0.0185. The number of thiophene rings is 1. The summed E-state index contributed by atoms with van der Waals surface area (Å²) in [7, 11) is -0.735. The maximum atomic E-state index is 13.6. The zero-order valence-corrected chi connectivity index (χ0v) is 23.7. The number of hydrogen-bond acceptors (Lipinski definition) is 9. The number of carbonyl (C=O) groups is 1. The third-order valence-corrected chi connectivity index (χ3v) is 9.21. The van der Waals surface area contributed by atoms with Crippen molar-refractivity contribution < 1.29 is 22.3 Å². The fourth-order valence-corrected chi connectivity index (χ4v) is 6.71. The number of aromatic nitrogens is 2. The molecule has 0 bridgehead atoms. The molecule has 3 heterocycles. The number of sulfone groups is 1. The molecule has 2 aromatic carbocycles. The number of ether oxygens (including phenoxy) is 1. The minimum Gasteiger partial charge on any atom is -0.445 e. The summed E-state index contributed by atoms with van der Waals surface area (Å²) in [5, 5.41) is 7.13. The number of nitrogens with zero attached hydrogens (tertiary/aromatic N) is 3. The molecule has 1 saturated heterocycles. The van der Waals surface area contributed by atoms with Gasteiger partial charge in [-0.1, -0.05) is 29.5 Å². The van der Waals surface area contributed by atoms with Gasteiger partial charge < -0.3 is 15.0 Å². The summed E-state index contributed by atoms with van der Waals surface area (Å²) in [6.07, 6.45) is 1.40. The zero-order valence-electron chi connectivity index (χ0n) is 21.3. The number of hydrogen-bond donors (Lipinski definition) is 2. The number of fused-ring (bicyclic) bond motifs is 1. The van der Waals surface area contributed by atoms with E-state index in [-0.39, 0.29) is 33.1 Å². The van der Waals surface area contributed by atoms with E-state index >= 15 is 0 Å². The van der Waals surface area contributed by atoms with Gasteiger partial charge in [0.15, 0.2) is 0 Å². The van der Waals surface area contributed by atoms with E-state index in [1.807, 2.05) is 6.07 Å². The van der Waals surface area contributed by atoms with Crippen LogP contribution in [0.1, 0.15) is 11.3 Å². The van der Waals surface area contributed by atoms with Gasteiger partial charge >= 0.3 is 6.09 Å². The second-order valence-corrected chi connectivity index (χ2v) is 12.5. The number of benzene rings is 2. The van der Waals surface area contributed by atoms with Crippen molar-refractivity contribution in [1.29, 1.82) is 0 Å². The van der Waals surface area contributed by atoms with Crippen LogP contribution >= 0.6 is 22.9 Å². The molecule has 1 aliphatic rings. The molecule has 1 amide bonds. The number of halogens is 2. The summed E-state index contributed by atoms with van der Waals surface area (Å²) in [4.78, 5) is 23.0. The van der Waals surface area contributed by atoms with E-state index in [1.54, 1.807) is 20.2 Å². The zero-order chi connectivity index (χ0) is 28.4. The number of rotatable bonds is 5. The predicted molar refractivity (Wildman–Crippen MR) is 151 cm³/mol. The second-order valence-electron chi connectivity index (χ2n) is 9.15. The molecular formula is C27H23ClFN5O4S2. The molecule has 206 valence electrons. The quantitative estimate of drug-likeness (QED) is 0.313. The number of amides is 1. The molecule has 0 saturated carbocycles. The molecule has 0 spiro atoms. The lowest BCUT2D eigenvalue weighted by Crippen LogP contribution is -2.29. The molecule has 1 aliphatic heterocycles. The normalized spacial score (nSPS) is 16.8. The van der Waals surface area contributed by atoms with Gasteiger partial charge in [-0.15, -0.1) is 11.3 Å². The number of carbonyl (C=O) groups excluding carboxylic acids is 1. The first-order valence-corrected chi connectivity index (χ1v) is 14.7. The lowest BCUT2D eigenvalue weighted by Gasteiger charge is -2.15. The maximum absolute atomic E-state index is 13.6. The smallest absolute Gasteiger partial charge is 0.409 e. The lowest BCUT2D eigenvalue weighted by molar-refractivity contribution is 0.0826. The maximum Gasteiger partial charge on any atom is 0.409 e. The number of nitrogens with one attached hydrogen (secondary N) is 2. The highest BCUT2D eigenvalue weighted by molar-refractivity contribution is 7.91. The van der Waals surface area contributed by atoms with E-state index in [2.05, 4.69) is 32.4 Å². The van der Waals surface area contributed by atoms with Crippen LogP contribution in [0.4, 0.5) is 20.7 Å². The summed E-state index contributed by atoms with van der Waals surface area (Å²) in [6.45, 7) is 0.537. The highest BCUT2D eigenvalue weighted by Crippen LogP contribution is 2.33. The van der Waals surface area contributed by atoms with Crippen LogP contribution in [0.5, 0.6) is 0 Å². The molecule has 0 radical (unpaired) electrons. The Morgan fingerprint density at radius 3 is 2.80 bits per heavy atom. The van der Waals surface area contributed by atoms with Crippen LogP contribution in [0.3, 0.4) is 0 Å². The van der Waals surface area contributed by atoms with Gasteiger partial charge in [0.1, 0.15) is 28.9 Å². The van der Waals surface area contributed by atoms with E-state index in [1.165, 1.54) is 52.9 Å². The fraction of sp³-hybridized carbons (Fsp3) is 0.222. The van der Waals surface area contributed by atoms with Crippen LogP contribution in [-0.4, -0.2) is 62.2 Å². The van der Waals surface area contributed by atoms with Crippen LogP contribution in [0.15, 0.2) is 64.6 Å². The van der Waals surface area contributed by atoms with Crippen molar-refractivity contribution in [3.8, 4) is 11.8 Å². The standard InChI is InChI=1S/C27H23ClFN5O4S2/c1-34(2)27(35)38-19-11-17(30-14-19)6-8-20-13-22-25(31-15-32-26(22)39-20)33-18-7-9-24(23(28)12-18)40(36,37)21-5-3-4-16(29)10-21/h3-5,7,9-10,12-13,15,17,19,30H,11,14H2,1-2H3,(H,31,32,33)/t17-,19-/m1/s1. The van der Waals surface area contributed by atoms with Crippen molar-refractivity contribution in [2.45, 2.75) is 28.4 Å². The van der Waals surface area contributed by atoms with Crippen molar-refractivity contribution in [1.82, 2.24) is 20.2 Å². The predicted octanol–water partition coefficient (Wildman–Crippen LogP) is 4.84. The van der Waals surface area contributed by atoms with E-state index < -0.39 is 15.7 Å². The average Bonchev–Trinajstić information content (AvgIpc) is 3.54. The molecule has 13 heteroatoms. The van der Waals surface area contributed by atoms with Gasteiger partial charge in [0.05, 0.1) is 31.1 Å². The third kappa shape index (κ3) is 6.03. The first-order chi connectivity index (χ1) is 19.1. The fourth-order valence-electron chi connectivity index (χ4n) is 4.02. The Bertz CT molecular complexity index is 1770. The van der Waals surface area contributed by atoms with Gasteiger partial charge in [-0.2, -0.15) is 0 Å². The Morgan fingerprint density at radius 2 is 2.05 bits per heavy atom. The second kappa shape index (κ2) is 11.4. The van der Waals surface area contributed by atoms with Crippen LogP contribution in [0.2, 0.25) is 5.02 Å². The van der Waals surface area contributed by atoms with Crippen LogP contribution < -0.4 is 10.6 Å². The first-order valence-electron chi connectivity index (χ1n) is 12.0. The molecule has 5 rings (SSSR count). The Morgan fingerprint density at radius 1 is 1.23 bits per heavy atom. The Kier molecular flexibility index (Phi) is 7.91. The summed E-state index contributed by atoms with van der Waals surface area (Å²) < 4.78 is 45.0. The van der Waals surface area contributed by atoms with E-state index in [0.29, 0.717) is 24.5 Å². The minimum atomic E-state index is -4.01. The molecular weight excluding hydrogens is 577 g/mol. The molecule has 9 nitrogen and oxygen atoms in total. The first kappa shape index (κ1) is 27.8. The van der Waals surface area contributed by atoms with E-state index in [9.17, 15) is 17.6 Å². The Hall–Kier alpha value is -3.76. The Balaban J connectivity index is 1.32. The highest BCUT2D eigenvalue weighted by atomic mass is 35.5. The molecule has 40 heavy (non-hydrogen) atoms. The largest absolute Gasteiger partial charge is 0.445 e. The molecule has 1 fully saturated rings. The summed E-state index contributed by atoms with van der Waals surface area (Å²) in [5.74, 6) is 6.19. The molecule has 0 aliphatic carbocycles. The topological polar surface area (TPSA) is 114 Å². The van der Waals surface area contributed by atoms with Gasteiger partial charge in [0.25, 0.3) is 0 Å². The van der Waals surface area contributed by atoms with Gasteiger partial charge in [0, 0.05) is 32.7 Å². The average molecular weight is 600 g/mol. The van der Waals surface area contributed by atoms with Gasteiger partial charge in [-0.3, -0.25) is 5.32 Å². The lowest BCUT2D eigenvalue weighted by atomic mass is 10.2. The van der Waals surface area contributed by atoms with Crippen molar-refractivity contribution in [3.05, 3.63) is 70.6 Å². The SMILES string of the molecule is CN(C)C(=O)O[C@H]1CN[C@H](C#Cc2cc3c(Nc4ccc(S(=O)(=O)c5cccc(F)c5)c(Cl)c4)ncnc3s2)C1. The highest BCUT2D eigenvalue weighted by Gasteiger charge is 2.26. The van der Waals surface area contributed by atoms with Crippen molar-refractivity contribution in [3.63, 3.8) is 0 Å². The molecule has 2 aromatic heterocycles. The Labute approximate surface area is 239 Å². The van der Waals surface area contributed by atoms with Crippen molar-refractivity contribution >= 4 is 60.6 Å². The molecule has 4 aromatic rings. The number of anilines is 2. The summed E-state index contributed by atoms with van der Waals surface area (Å²) in [6, 6.07) is 10.9. The van der Waals surface area contributed by atoms with Gasteiger partial charge in [-0.25, -0.2) is 27.6 Å². The third-order valence-electron chi connectivity index (χ3n) is 6.01. The van der Waals surface area contributed by atoms with E-state index in [4.69, 9.17) is 16.3 Å². The molecule has 2 N–H and O–H groups in total. The van der Waals surface area contributed by atoms with Crippen molar-refractivity contribution in [2.75, 3.05) is 26.0 Å². The molecule has 2 atom stereocenters. The molecule has 0 unspecified atom stereocenters. The van der Waals surface area contributed by atoms with Crippen LogP contribution in [-0.2, 0) is 14.6 Å². The van der Waals surface area contributed by atoms with E-state index in [0.717, 1.165) is 21.2 Å². The van der Waals surface area contributed by atoms with Crippen LogP contribution in [0.25, 0.3) is 10.2 Å². The summed E-state index contributed by atoms with van der Waals surface area (Å²) >= 11 is 7.76. The summed E-state index contributed by atoms with van der Waals surface area (Å²) in [5.41, 5.74) is 0.510. The van der Waals surface area contributed by atoms with Gasteiger partial charge in [0.2, 0.25) is 9.84 Å². The monoisotopic (exact) mass is 599 g/mol. The van der Waals surface area contributed by atoms with Crippen LogP contribution in [0, 0.1) is 17.7 Å². The van der Waals surface area contributed by atoms with Gasteiger partial charge in [-0.05, 0) is 42.5 Å².